The van der Waals surface area contributed by atoms with Crippen LogP contribution < -0.4 is 19.5 Å². The molecule has 0 unspecified atom stereocenters. The summed E-state index contributed by atoms with van der Waals surface area (Å²) in [4.78, 5) is 6.20. The molecule has 2 aromatic carbocycles. The number of hydrogen-bond donors (Lipinski definition) is 1. The van der Waals surface area contributed by atoms with Gasteiger partial charge in [-0.05, 0) is 57.2 Å². The van der Waals surface area contributed by atoms with Crippen molar-refractivity contribution in [2.45, 2.75) is 26.3 Å². The predicted octanol–water partition coefficient (Wildman–Crippen LogP) is 6.43. The van der Waals surface area contributed by atoms with Crippen molar-refractivity contribution in [3.05, 3.63) is 51.0 Å². The molecule has 4 rings (SSSR count). The van der Waals surface area contributed by atoms with Gasteiger partial charge in [0.2, 0.25) is 0 Å². The van der Waals surface area contributed by atoms with Gasteiger partial charge in [0, 0.05) is 21.8 Å². The minimum absolute atomic E-state index is 0.178. The molecule has 0 amide bonds. The van der Waals surface area contributed by atoms with Crippen molar-refractivity contribution < 1.29 is 9.47 Å². The third-order valence-electron chi connectivity index (χ3n) is 4.59. The maximum atomic E-state index is 6.20. The van der Waals surface area contributed by atoms with Crippen LogP contribution in [0.1, 0.15) is 25.6 Å². The van der Waals surface area contributed by atoms with E-state index in [1.54, 1.807) is 27.8 Å². The van der Waals surface area contributed by atoms with Gasteiger partial charge in [-0.15, -0.1) is 0 Å². The maximum absolute atomic E-state index is 6.20. The topological polar surface area (TPSA) is 42.9 Å². The fourth-order valence-electron chi connectivity index (χ4n) is 3.34. The lowest BCUT2D eigenvalue weighted by Gasteiger charge is -2.33. The van der Waals surface area contributed by atoms with Crippen LogP contribution in [-0.2, 0) is 5.54 Å². The number of anilines is 1. The number of ether oxygens (including phenoxy) is 2. The van der Waals surface area contributed by atoms with Crippen molar-refractivity contribution >= 4 is 43.7 Å². The lowest BCUT2D eigenvalue weighted by molar-refractivity contribution is 0.340. The lowest BCUT2D eigenvalue weighted by Crippen LogP contribution is -2.31. The van der Waals surface area contributed by atoms with Crippen molar-refractivity contribution in [2.24, 2.45) is 4.99 Å². The largest absolute Gasteiger partial charge is 0.494 e. The summed E-state index contributed by atoms with van der Waals surface area (Å²) in [7, 11) is 5.06. The summed E-state index contributed by atoms with van der Waals surface area (Å²) in [5, 5.41) is 4.28. The molecule has 0 saturated heterocycles. The Morgan fingerprint density at radius 1 is 1.14 bits per heavy atom. The van der Waals surface area contributed by atoms with E-state index in [1.807, 2.05) is 31.2 Å². The summed E-state index contributed by atoms with van der Waals surface area (Å²) in [6, 6.07) is 11.7. The smallest absolute Gasteiger partial charge is 0.144 e. The summed E-state index contributed by atoms with van der Waals surface area (Å²) in [6.45, 7) is 7.01. The average Bonchev–Trinajstić information content (AvgIpc) is 3.08. The Kier molecular flexibility index (Phi) is 5.12. The second-order valence-electron chi connectivity index (χ2n) is 6.99. The standard InChI is InChI=1S/C21H21ClN2O2S2/c1-5-26-13-7-8-15-14(11-13)18-19(21(2,3)24-15)27-28-20(18)23-16-10-12(22)6-9-17(16)25-4/h6-11,24H,5H2,1-4H3. The molecule has 1 aliphatic heterocycles. The molecule has 3 aromatic rings. The SMILES string of the molecule is CCOc1ccc2c(c1)-c1c(ssc1=Nc1cc(Cl)ccc1OC)C(C)(C)N2. The zero-order chi connectivity index (χ0) is 19.9. The Hall–Kier alpha value is -2.02. The van der Waals surface area contributed by atoms with Gasteiger partial charge in [0.25, 0.3) is 0 Å². The number of hydrogen-bond acceptors (Lipinski definition) is 6. The van der Waals surface area contributed by atoms with Gasteiger partial charge in [0.15, 0.2) is 0 Å². The molecule has 4 nitrogen and oxygen atoms in total. The van der Waals surface area contributed by atoms with Gasteiger partial charge in [0.05, 0.1) is 24.1 Å². The molecule has 0 bridgehead atoms. The summed E-state index contributed by atoms with van der Waals surface area (Å²) < 4.78 is 12.2. The van der Waals surface area contributed by atoms with Gasteiger partial charge in [-0.1, -0.05) is 32.3 Å². The fraction of sp³-hybridized carbons (Fsp3) is 0.286. The Morgan fingerprint density at radius 2 is 1.96 bits per heavy atom. The minimum atomic E-state index is -0.178. The number of halogens is 1. The van der Waals surface area contributed by atoms with Crippen LogP contribution in [0.2, 0.25) is 5.02 Å². The van der Waals surface area contributed by atoms with E-state index >= 15 is 0 Å². The van der Waals surface area contributed by atoms with Gasteiger partial charge in [-0.25, -0.2) is 4.99 Å². The molecule has 7 heteroatoms. The van der Waals surface area contributed by atoms with Crippen LogP contribution in [0.25, 0.3) is 11.1 Å². The number of benzene rings is 2. The van der Waals surface area contributed by atoms with Crippen LogP contribution in [-0.4, -0.2) is 13.7 Å². The molecular weight excluding hydrogens is 412 g/mol. The average molecular weight is 433 g/mol. The van der Waals surface area contributed by atoms with E-state index in [1.165, 1.54) is 4.88 Å². The summed E-state index contributed by atoms with van der Waals surface area (Å²) in [6.07, 6.45) is 0. The normalized spacial score (nSPS) is 14.8. The predicted molar refractivity (Wildman–Crippen MR) is 119 cm³/mol. The number of nitrogens with zero attached hydrogens (tertiary/aromatic N) is 1. The van der Waals surface area contributed by atoms with Crippen molar-refractivity contribution in [3.8, 4) is 22.6 Å². The molecule has 0 atom stereocenters. The molecule has 0 aliphatic carbocycles. The second kappa shape index (κ2) is 7.43. The van der Waals surface area contributed by atoms with Crippen molar-refractivity contribution in [1.29, 1.82) is 0 Å². The van der Waals surface area contributed by atoms with Crippen LogP contribution >= 0.6 is 32.3 Å². The van der Waals surface area contributed by atoms with Gasteiger partial charge in [0.1, 0.15) is 21.9 Å². The highest BCUT2D eigenvalue weighted by Gasteiger charge is 2.33. The van der Waals surface area contributed by atoms with E-state index in [-0.39, 0.29) is 5.54 Å². The van der Waals surface area contributed by atoms with Gasteiger partial charge in [-0.2, -0.15) is 0 Å². The first-order chi connectivity index (χ1) is 13.4. The highest BCUT2D eigenvalue weighted by Crippen LogP contribution is 2.46. The minimum Gasteiger partial charge on any atom is -0.494 e. The zero-order valence-corrected chi connectivity index (χ0v) is 18.5. The molecule has 1 N–H and O–H groups in total. The zero-order valence-electron chi connectivity index (χ0n) is 16.1. The van der Waals surface area contributed by atoms with Crippen molar-refractivity contribution in [3.63, 3.8) is 0 Å². The Bertz CT molecular complexity index is 1100. The Balaban J connectivity index is 1.96. The monoisotopic (exact) mass is 432 g/mol. The van der Waals surface area contributed by atoms with Crippen LogP contribution in [0.4, 0.5) is 11.4 Å². The number of methoxy groups -OCH3 is 1. The van der Waals surface area contributed by atoms with Gasteiger partial charge >= 0.3 is 0 Å². The van der Waals surface area contributed by atoms with E-state index in [0.717, 1.165) is 32.9 Å². The molecular formula is C21H21ClN2O2S2. The van der Waals surface area contributed by atoms with E-state index < -0.39 is 0 Å². The van der Waals surface area contributed by atoms with Crippen LogP contribution in [0.15, 0.2) is 41.4 Å². The van der Waals surface area contributed by atoms with E-state index in [4.69, 9.17) is 26.1 Å². The Labute approximate surface area is 176 Å². The molecule has 1 aliphatic rings. The molecule has 146 valence electrons. The molecule has 0 spiro atoms. The second-order valence-corrected chi connectivity index (χ2v) is 9.56. The van der Waals surface area contributed by atoms with E-state index in [0.29, 0.717) is 17.4 Å². The maximum Gasteiger partial charge on any atom is 0.144 e. The fourth-order valence-corrected chi connectivity index (χ4v) is 6.44. The van der Waals surface area contributed by atoms with E-state index in [2.05, 4.69) is 31.3 Å². The first kappa shape index (κ1) is 19.3. The quantitative estimate of drug-likeness (QED) is 0.483. The van der Waals surface area contributed by atoms with Crippen LogP contribution in [0.5, 0.6) is 11.5 Å². The molecule has 0 fully saturated rings. The molecule has 0 saturated carbocycles. The van der Waals surface area contributed by atoms with Gasteiger partial charge < -0.3 is 14.8 Å². The first-order valence-corrected chi connectivity index (χ1v) is 11.5. The summed E-state index contributed by atoms with van der Waals surface area (Å²) >= 11 is 6.20. The first-order valence-electron chi connectivity index (χ1n) is 9.00. The molecule has 0 radical (unpaired) electrons. The molecule has 1 aromatic heterocycles. The number of nitrogens with one attached hydrogen (secondary N) is 1. The van der Waals surface area contributed by atoms with E-state index in [9.17, 15) is 0 Å². The molecule has 2 heterocycles. The third-order valence-corrected chi connectivity index (χ3v) is 7.47. The van der Waals surface area contributed by atoms with Gasteiger partial charge in [-0.3, -0.25) is 0 Å². The highest BCUT2D eigenvalue weighted by atomic mass is 35.5. The van der Waals surface area contributed by atoms with Crippen molar-refractivity contribution in [2.75, 3.05) is 19.0 Å². The third kappa shape index (κ3) is 3.41. The highest BCUT2D eigenvalue weighted by molar-refractivity contribution is 7.68. The number of fused-ring (bicyclic) bond motifs is 3. The van der Waals surface area contributed by atoms with Crippen molar-refractivity contribution in [1.82, 2.24) is 0 Å². The van der Waals surface area contributed by atoms with Crippen LogP contribution in [0, 0.1) is 0 Å². The molecule has 28 heavy (non-hydrogen) atoms. The number of rotatable bonds is 4. The summed E-state index contributed by atoms with van der Waals surface area (Å²) in [5.41, 5.74) is 3.89. The van der Waals surface area contributed by atoms with Crippen LogP contribution in [0.3, 0.4) is 0 Å². The summed E-state index contributed by atoms with van der Waals surface area (Å²) in [5.74, 6) is 1.56. The Morgan fingerprint density at radius 3 is 2.71 bits per heavy atom. The lowest BCUT2D eigenvalue weighted by atomic mass is 9.90.